The van der Waals surface area contributed by atoms with E-state index in [-0.39, 0.29) is 5.69 Å². The fourth-order valence-electron chi connectivity index (χ4n) is 1.92. The van der Waals surface area contributed by atoms with Gasteiger partial charge in [-0.15, -0.1) is 5.10 Å². The van der Waals surface area contributed by atoms with Gasteiger partial charge in [0.05, 0.1) is 11.1 Å². The second-order valence-electron chi connectivity index (χ2n) is 4.05. The summed E-state index contributed by atoms with van der Waals surface area (Å²) in [5.41, 5.74) is 0.371. The fraction of sp³-hybridized carbons (Fsp3) is 0. The van der Waals surface area contributed by atoms with E-state index >= 15 is 0 Å². The summed E-state index contributed by atoms with van der Waals surface area (Å²) >= 11 is 0. The molecule has 0 spiro atoms. The number of nitrogens with zero attached hydrogens (tertiary/aromatic N) is 3. The second-order valence-corrected chi connectivity index (χ2v) is 4.05. The van der Waals surface area contributed by atoms with E-state index in [2.05, 4.69) is 10.2 Å². The van der Waals surface area contributed by atoms with Gasteiger partial charge in [0.2, 0.25) is 0 Å². The van der Waals surface area contributed by atoms with Crippen LogP contribution in [-0.2, 0) is 0 Å². The first-order chi connectivity index (χ1) is 9.75. The Kier molecular flexibility index (Phi) is 2.96. The summed E-state index contributed by atoms with van der Waals surface area (Å²) in [7, 11) is 0. The predicted molar refractivity (Wildman–Crippen MR) is 72.7 cm³/mol. The maximum absolute atomic E-state index is 11.1. The van der Waals surface area contributed by atoms with E-state index in [1.807, 2.05) is 18.2 Å². The quantitative estimate of drug-likeness (QED) is 0.537. The Morgan fingerprint density at radius 1 is 1.05 bits per heavy atom. The normalized spacial score (nSPS) is 10.4. The zero-order chi connectivity index (χ0) is 13.9. The van der Waals surface area contributed by atoms with Crippen LogP contribution in [0.2, 0.25) is 0 Å². The number of para-hydroxylation sites is 1. The third-order valence-corrected chi connectivity index (χ3v) is 2.78. The van der Waals surface area contributed by atoms with E-state index in [0.717, 1.165) is 0 Å². The molecule has 0 amide bonds. The first-order valence-electron chi connectivity index (χ1n) is 5.87. The van der Waals surface area contributed by atoms with Crippen molar-refractivity contribution in [2.45, 2.75) is 0 Å². The van der Waals surface area contributed by atoms with Gasteiger partial charge in [-0.3, -0.25) is 10.1 Å². The van der Waals surface area contributed by atoms with Crippen LogP contribution >= 0.6 is 0 Å². The zero-order valence-corrected chi connectivity index (χ0v) is 10.3. The minimum absolute atomic E-state index is 0.0525. The summed E-state index contributed by atoms with van der Waals surface area (Å²) in [4.78, 5) is 10.7. The molecule has 0 bridgehead atoms. The molecule has 0 aliphatic rings. The lowest BCUT2D eigenvalue weighted by Crippen LogP contribution is -1.95. The average Bonchev–Trinajstić information content (AvgIpc) is 2.48. The van der Waals surface area contributed by atoms with Crippen molar-refractivity contribution in [1.29, 1.82) is 0 Å². The summed E-state index contributed by atoms with van der Waals surface area (Å²) in [5, 5.41) is 19.2. The van der Waals surface area contributed by atoms with Crippen LogP contribution in [0.1, 0.15) is 0 Å². The molecule has 0 radical (unpaired) electrons. The molecular formula is C14H9N3O3. The van der Waals surface area contributed by atoms with Crippen molar-refractivity contribution in [2.75, 3.05) is 0 Å². The molecule has 0 unspecified atom stereocenters. The van der Waals surface area contributed by atoms with Crippen LogP contribution in [0, 0.1) is 10.1 Å². The van der Waals surface area contributed by atoms with Gasteiger partial charge in [0.15, 0.2) is 5.75 Å². The van der Waals surface area contributed by atoms with Gasteiger partial charge in [-0.25, -0.2) is 0 Å². The van der Waals surface area contributed by atoms with Gasteiger partial charge >= 0.3 is 0 Å². The molecule has 3 rings (SSSR count). The van der Waals surface area contributed by atoms with E-state index in [1.54, 1.807) is 24.3 Å². The van der Waals surface area contributed by atoms with E-state index in [9.17, 15) is 10.1 Å². The van der Waals surface area contributed by atoms with Crippen LogP contribution in [0.5, 0.6) is 11.5 Å². The molecule has 2 aromatic carbocycles. The van der Waals surface area contributed by atoms with Crippen LogP contribution in [0.25, 0.3) is 10.9 Å². The molecule has 6 heteroatoms. The highest BCUT2D eigenvalue weighted by Crippen LogP contribution is 2.34. The predicted octanol–water partition coefficient (Wildman–Crippen LogP) is 3.33. The number of aromatic nitrogens is 2. The van der Waals surface area contributed by atoms with Crippen LogP contribution in [0.15, 0.2) is 54.7 Å². The Bertz CT molecular complexity index is 770. The summed E-state index contributed by atoms with van der Waals surface area (Å²) in [5.74, 6) is 0.897. The van der Waals surface area contributed by atoms with E-state index in [0.29, 0.717) is 22.4 Å². The van der Waals surface area contributed by atoms with E-state index in [4.69, 9.17) is 4.74 Å². The van der Waals surface area contributed by atoms with Gasteiger partial charge in [-0.1, -0.05) is 24.3 Å². The maximum atomic E-state index is 11.1. The summed E-state index contributed by atoms with van der Waals surface area (Å²) in [6.45, 7) is 0. The number of ether oxygens (including phenoxy) is 1. The van der Waals surface area contributed by atoms with Gasteiger partial charge in [-0.05, 0) is 18.2 Å². The lowest BCUT2D eigenvalue weighted by atomic mass is 10.2. The third-order valence-electron chi connectivity index (χ3n) is 2.78. The molecule has 6 nitrogen and oxygen atoms in total. The largest absolute Gasteiger partial charge is 0.455 e. The number of non-ortho nitro benzene ring substituents is 1. The van der Waals surface area contributed by atoms with Gasteiger partial charge < -0.3 is 4.74 Å². The highest BCUT2D eigenvalue weighted by molar-refractivity contribution is 5.93. The van der Waals surface area contributed by atoms with Crippen molar-refractivity contribution in [2.24, 2.45) is 0 Å². The minimum Gasteiger partial charge on any atom is -0.455 e. The van der Waals surface area contributed by atoms with Gasteiger partial charge in [0.1, 0.15) is 16.7 Å². The molecule has 1 aromatic heterocycles. The number of nitro groups is 1. The lowest BCUT2D eigenvalue weighted by Gasteiger charge is -2.07. The molecule has 20 heavy (non-hydrogen) atoms. The van der Waals surface area contributed by atoms with Crippen LogP contribution in [0.4, 0.5) is 5.69 Å². The number of nitro benzene ring substituents is 1. The fourth-order valence-corrected chi connectivity index (χ4v) is 1.92. The molecule has 0 saturated heterocycles. The topological polar surface area (TPSA) is 78.2 Å². The van der Waals surface area contributed by atoms with Crippen molar-refractivity contribution < 1.29 is 9.66 Å². The zero-order valence-electron chi connectivity index (χ0n) is 10.3. The SMILES string of the molecule is O=[N+]([O-])c1cccc2nncc(Oc3ccccc3)c12. The summed E-state index contributed by atoms with van der Waals surface area (Å²) < 4.78 is 5.68. The Labute approximate surface area is 113 Å². The number of benzene rings is 2. The molecule has 0 N–H and O–H groups in total. The van der Waals surface area contributed by atoms with Crippen molar-refractivity contribution in [3.63, 3.8) is 0 Å². The standard InChI is InChI=1S/C14H9N3O3/c18-17(19)12-8-4-7-11-14(12)13(9-15-16-11)20-10-5-2-1-3-6-10/h1-9H. The highest BCUT2D eigenvalue weighted by Gasteiger charge is 2.17. The van der Waals surface area contributed by atoms with Gasteiger partial charge in [0, 0.05) is 6.07 Å². The Balaban J connectivity index is 2.18. The molecule has 1 heterocycles. The minimum atomic E-state index is -0.456. The second kappa shape index (κ2) is 4.93. The van der Waals surface area contributed by atoms with Gasteiger partial charge in [0.25, 0.3) is 5.69 Å². The molecule has 98 valence electrons. The molecule has 0 saturated carbocycles. The maximum Gasteiger partial charge on any atom is 0.282 e. The summed E-state index contributed by atoms with van der Waals surface area (Å²) in [6, 6.07) is 13.7. The van der Waals surface area contributed by atoms with E-state index in [1.165, 1.54) is 12.3 Å². The summed E-state index contributed by atoms with van der Waals surface area (Å²) in [6.07, 6.45) is 1.38. The van der Waals surface area contributed by atoms with E-state index < -0.39 is 4.92 Å². The monoisotopic (exact) mass is 267 g/mol. The number of hydrogen-bond donors (Lipinski definition) is 0. The van der Waals surface area contributed by atoms with Crippen molar-refractivity contribution in [1.82, 2.24) is 10.2 Å². The van der Waals surface area contributed by atoms with Crippen LogP contribution in [-0.4, -0.2) is 15.1 Å². The number of rotatable bonds is 3. The smallest absolute Gasteiger partial charge is 0.282 e. The molecular weight excluding hydrogens is 258 g/mol. The Morgan fingerprint density at radius 2 is 1.85 bits per heavy atom. The first kappa shape index (κ1) is 12.0. The van der Waals surface area contributed by atoms with Crippen molar-refractivity contribution in [3.05, 3.63) is 64.8 Å². The molecule has 3 aromatic rings. The van der Waals surface area contributed by atoms with Gasteiger partial charge in [-0.2, -0.15) is 5.10 Å². The van der Waals surface area contributed by atoms with Crippen LogP contribution < -0.4 is 4.74 Å². The van der Waals surface area contributed by atoms with Crippen molar-refractivity contribution in [3.8, 4) is 11.5 Å². The van der Waals surface area contributed by atoms with Crippen LogP contribution in [0.3, 0.4) is 0 Å². The molecule has 0 fully saturated rings. The molecule has 0 aliphatic carbocycles. The number of fused-ring (bicyclic) bond motifs is 1. The lowest BCUT2D eigenvalue weighted by molar-refractivity contribution is -0.383. The Hall–Kier alpha value is -3.02. The molecule has 0 atom stereocenters. The highest BCUT2D eigenvalue weighted by atomic mass is 16.6. The molecule has 0 aliphatic heterocycles. The van der Waals surface area contributed by atoms with Crippen molar-refractivity contribution >= 4 is 16.6 Å². The third kappa shape index (κ3) is 2.14. The average molecular weight is 267 g/mol. The number of hydrogen-bond acceptors (Lipinski definition) is 5. The first-order valence-corrected chi connectivity index (χ1v) is 5.87. The Morgan fingerprint density at radius 3 is 2.60 bits per heavy atom.